The summed E-state index contributed by atoms with van der Waals surface area (Å²) in [5.74, 6) is -0.619. The van der Waals surface area contributed by atoms with Gasteiger partial charge in [-0.2, -0.15) is 0 Å². The molecule has 6 heteroatoms. The predicted octanol–water partition coefficient (Wildman–Crippen LogP) is 4.54. The van der Waals surface area contributed by atoms with Crippen LogP contribution in [0.4, 0.5) is 15.8 Å². The van der Waals surface area contributed by atoms with Crippen LogP contribution in [0.5, 0.6) is 0 Å². The largest absolute Gasteiger partial charge is 0.374 e. The van der Waals surface area contributed by atoms with Crippen molar-refractivity contribution in [3.63, 3.8) is 0 Å². The molecule has 1 atom stereocenters. The van der Waals surface area contributed by atoms with E-state index in [4.69, 9.17) is 0 Å². The number of para-hydroxylation sites is 1. The molecule has 0 bridgehead atoms. The fraction of sp³-hybridized carbons (Fsp3) is 0.200. The topological polar surface area (TPSA) is 55.2 Å². The van der Waals surface area contributed by atoms with E-state index in [0.717, 1.165) is 10.0 Å². The lowest BCUT2D eigenvalue weighted by atomic mass is 10.1. The summed E-state index contributed by atoms with van der Waals surface area (Å²) in [6.07, 6.45) is 0.638. The third kappa shape index (κ3) is 4.01. The Morgan fingerprint density at radius 2 is 1.95 bits per heavy atom. The van der Waals surface area contributed by atoms with Crippen molar-refractivity contribution >= 4 is 27.3 Å². The molecular weight excluding hydrogens is 339 g/mol. The van der Waals surface area contributed by atoms with Crippen LogP contribution < -0.4 is 5.32 Å². The Kier molecular flexibility index (Phi) is 4.90. The van der Waals surface area contributed by atoms with E-state index in [0.29, 0.717) is 6.42 Å². The van der Waals surface area contributed by atoms with Gasteiger partial charge in [0.15, 0.2) is 5.82 Å². The zero-order chi connectivity index (χ0) is 15.4. The van der Waals surface area contributed by atoms with Crippen LogP contribution in [0, 0.1) is 15.9 Å². The number of benzene rings is 2. The zero-order valence-electron chi connectivity index (χ0n) is 11.3. The predicted molar refractivity (Wildman–Crippen MR) is 84.0 cm³/mol. The number of nitrogens with zero attached hydrogens (tertiary/aromatic N) is 1. The van der Waals surface area contributed by atoms with Crippen molar-refractivity contribution in [3.05, 3.63) is 68.4 Å². The van der Waals surface area contributed by atoms with Crippen LogP contribution in [0.1, 0.15) is 12.5 Å². The van der Waals surface area contributed by atoms with Gasteiger partial charge in [-0.25, -0.2) is 4.39 Å². The maximum Gasteiger partial charge on any atom is 0.295 e. The minimum atomic E-state index is -0.619. The molecule has 2 aromatic rings. The fourth-order valence-corrected chi connectivity index (χ4v) is 2.34. The molecule has 110 valence electrons. The molecule has 4 nitrogen and oxygen atoms in total. The molecule has 0 saturated carbocycles. The summed E-state index contributed by atoms with van der Waals surface area (Å²) >= 11 is 3.36. The number of rotatable bonds is 5. The van der Waals surface area contributed by atoms with Crippen molar-refractivity contribution in [2.75, 3.05) is 5.32 Å². The summed E-state index contributed by atoms with van der Waals surface area (Å²) in [7, 11) is 0. The van der Waals surface area contributed by atoms with E-state index in [2.05, 4.69) is 21.2 Å². The van der Waals surface area contributed by atoms with E-state index in [1.54, 1.807) is 0 Å². The lowest BCUT2D eigenvalue weighted by molar-refractivity contribution is -0.384. The molecule has 0 aliphatic heterocycles. The Labute approximate surface area is 130 Å². The number of hydrogen-bond acceptors (Lipinski definition) is 3. The number of nitro groups is 1. The van der Waals surface area contributed by atoms with Gasteiger partial charge in [0, 0.05) is 16.6 Å². The van der Waals surface area contributed by atoms with E-state index >= 15 is 0 Å². The smallest absolute Gasteiger partial charge is 0.295 e. The van der Waals surface area contributed by atoms with Gasteiger partial charge in [0.25, 0.3) is 5.69 Å². The van der Waals surface area contributed by atoms with Crippen molar-refractivity contribution in [1.82, 2.24) is 0 Å². The van der Waals surface area contributed by atoms with Crippen LogP contribution >= 0.6 is 15.9 Å². The highest BCUT2D eigenvalue weighted by Gasteiger charge is 2.19. The number of nitrogens with one attached hydrogen (secondary N) is 1. The molecule has 0 spiro atoms. The van der Waals surface area contributed by atoms with E-state index in [1.807, 2.05) is 31.2 Å². The van der Waals surface area contributed by atoms with Crippen molar-refractivity contribution in [2.24, 2.45) is 0 Å². The maximum atomic E-state index is 13.8. The standard InChI is InChI=1S/C15H14BrFN2O2/c1-10(9-11-5-7-12(16)8-6-11)18-15-13(17)3-2-4-14(15)19(20)21/h2-8,10,18H,9H2,1H3. The average molecular weight is 353 g/mol. The highest BCUT2D eigenvalue weighted by Crippen LogP contribution is 2.28. The van der Waals surface area contributed by atoms with Crippen LogP contribution in [-0.4, -0.2) is 11.0 Å². The quantitative estimate of drug-likeness (QED) is 0.634. The third-order valence-corrected chi connectivity index (χ3v) is 3.56. The summed E-state index contributed by atoms with van der Waals surface area (Å²) in [4.78, 5) is 10.4. The van der Waals surface area contributed by atoms with Gasteiger partial charge in [-0.1, -0.05) is 34.1 Å². The first-order chi connectivity index (χ1) is 9.97. The monoisotopic (exact) mass is 352 g/mol. The van der Waals surface area contributed by atoms with E-state index in [-0.39, 0.29) is 17.4 Å². The average Bonchev–Trinajstić information content (AvgIpc) is 2.43. The minimum Gasteiger partial charge on any atom is -0.374 e. The molecule has 0 heterocycles. The Morgan fingerprint density at radius 3 is 2.57 bits per heavy atom. The SMILES string of the molecule is CC(Cc1ccc(Br)cc1)Nc1c(F)cccc1[N+](=O)[O-]. The van der Waals surface area contributed by atoms with Gasteiger partial charge in [0.05, 0.1) is 4.92 Å². The Balaban J connectivity index is 2.14. The molecule has 2 aromatic carbocycles. The van der Waals surface area contributed by atoms with Crippen molar-refractivity contribution in [2.45, 2.75) is 19.4 Å². The Morgan fingerprint density at radius 1 is 1.29 bits per heavy atom. The molecule has 0 aliphatic carbocycles. The number of hydrogen-bond donors (Lipinski definition) is 1. The molecule has 2 rings (SSSR count). The van der Waals surface area contributed by atoms with E-state index < -0.39 is 10.7 Å². The van der Waals surface area contributed by atoms with Crippen LogP contribution in [0.25, 0.3) is 0 Å². The van der Waals surface area contributed by atoms with Gasteiger partial charge < -0.3 is 5.32 Å². The normalized spacial score (nSPS) is 12.0. The zero-order valence-corrected chi connectivity index (χ0v) is 12.9. The first-order valence-electron chi connectivity index (χ1n) is 6.41. The summed E-state index contributed by atoms with van der Waals surface area (Å²) < 4.78 is 14.8. The number of halogens is 2. The molecular formula is C15H14BrFN2O2. The second-order valence-corrected chi connectivity index (χ2v) is 5.68. The fourth-order valence-electron chi connectivity index (χ4n) is 2.08. The number of nitro benzene ring substituents is 1. The van der Waals surface area contributed by atoms with Crippen LogP contribution in [0.3, 0.4) is 0 Å². The van der Waals surface area contributed by atoms with Gasteiger partial charge in [0.2, 0.25) is 0 Å². The second-order valence-electron chi connectivity index (χ2n) is 4.77. The molecule has 0 saturated heterocycles. The van der Waals surface area contributed by atoms with Gasteiger partial charge in [-0.3, -0.25) is 10.1 Å². The third-order valence-electron chi connectivity index (χ3n) is 3.03. The molecule has 21 heavy (non-hydrogen) atoms. The van der Waals surface area contributed by atoms with Crippen molar-refractivity contribution in [1.29, 1.82) is 0 Å². The van der Waals surface area contributed by atoms with Crippen LogP contribution in [-0.2, 0) is 6.42 Å². The molecule has 0 amide bonds. The van der Waals surface area contributed by atoms with Crippen LogP contribution in [0.15, 0.2) is 46.9 Å². The van der Waals surface area contributed by atoms with E-state index in [1.165, 1.54) is 18.2 Å². The Bertz CT molecular complexity index is 647. The molecule has 0 aromatic heterocycles. The summed E-state index contributed by atoms with van der Waals surface area (Å²) in [5, 5.41) is 13.8. The van der Waals surface area contributed by atoms with Crippen LogP contribution in [0.2, 0.25) is 0 Å². The molecule has 1 N–H and O–H groups in total. The summed E-state index contributed by atoms with van der Waals surface area (Å²) in [5.41, 5.74) is 0.752. The van der Waals surface area contributed by atoms with Crippen molar-refractivity contribution in [3.8, 4) is 0 Å². The highest BCUT2D eigenvalue weighted by molar-refractivity contribution is 9.10. The first kappa shape index (κ1) is 15.4. The first-order valence-corrected chi connectivity index (χ1v) is 7.20. The molecule has 0 aliphatic rings. The minimum absolute atomic E-state index is 0.0629. The number of anilines is 1. The summed E-state index contributed by atoms with van der Waals surface area (Å²) in [6.45, 7) is 1.86. The lowest BCUT2D eigenvalue weighted by Crippen LogP contribution is -2.19. The van der Waals surface area contributed by atoms with E-state index in [9.17, 15) is 14.5 Å². The van der Waals surface area contributed by atoms with Crippen molar-refractivity contribution < 1.29 is 9.31 Å². The second kappa shape index (κ2) is 6.67. The van der Waals surface area contributed by atoms with Gasteiger partial charge in [-0.15, -0.1) is 0 Å². The molecule has 1 unspecified atom stereocenters. The maximum absolute atomic E-state index is 13.8. The highest BCUT2D eigenvalue weighted by atomic mass is 79.9. The summed E-state index contributed by atoms with van der Waals surface area (Å²) in [6, 6.07) is 11.5. The van der Waals surface area contributed by atoms with Gasteiger partial charge in [-0.05, 0) is 37.1 Å². The molecule has 0 fully saturated rings. The van der Waals surface area contributed by atoms with Gasteiger partial charge >= 0.3 is 0 Å². The molecule has 0 radical (unpaired) electrons. The van der Waals surface area contributed by atoms with Gasteiger partial charge in [0.1, 0.15) is 5.69 Å². The lowest BCUT2D eigenvalue weighted by Gasteiger charge is -2.16. The Hall–Kier alpha value is -1.95.